The summed E-state index contributed by atoms with van der Waals surface area (Å²) in [5, 5.41) is 4.95. The zero-order valence-corrected chi connectivity index (χ0v) is 17.3. The maximum absolute atomic E-state index is 5.84. The molecule has 0 radical (unpaired) electrons. The normalized spacial score (nSPS) is 17.6. The van der Waals surface area contributed by atoms with E-state index in [-0.39, 0.29) is 0 Å². The van der Waals surface area contributed by atoms with Crippen LogP contribution in [0, 0.1) is 4.77 Å². The van der Waals surface area contributed by atoms with E-state index in [1.54, 1.807) is 0 Å². The lowest BCUT2D eigenvalue weighted by Crippen LogP contribution is -2.47. The Morgan fingerprint density at radius 3 is 2.38 bits per heavy atom. The Morgan fingerprint density at radius 1 is 0.931 bits per heavy atom. The van der Waals surface area contributed by atoms with Crippen molar-refractivity contribution in [1.29, 1.82) is 0 Å². The van der Waals surface area contributed by atoms with E-state index in [0.29, 0.717) is 5.92 Å². The molecule has 1 aliphatic carbocycles. The van der Waals surface area contributed by atoms with Crippen LogP contribution in [-0.2, 0) is 13.2 Å². The molecule has 2 aromatic heterocycles. The fraction of sp³-hybridized carbons (Fsp3) is 0.409. The molecule has 5 rings (SSSR count). The molecule has 2 fully saturated rings. The Morgan fingerprint density at radius 2 is 1.69 bits per heavy atom. The molecule has 1 saturated heterocycles. The number of piperazine rings is 1. The standard InChI is InChI=1S/C22H26N6S/c29-22-27(16-18-6-2-1-3-7-18)21(19-9-10-19)24-28(22)17-25-12-14-26(15-13-25)20-8-4-5-11-23-20/h1-8,11,19H,9-10,12-17H2. The first-order valence-corrected chi connectivity index (χ1v) is 10.8. The average Bonchev–Trinajstić information content (AvgIpc) is 3.58. The fourth-order valence-corrected chi connectivity index (χ4v) is 4.21. The third-order valence-electron chi connectivity index (χ3n) is 5.76. The number of rotatable bonds is 6. The van der Waals surface area contributed by atoms with Gasteiger partial charge < -0.3 is 4.90 Å². The van der Waals surface area contributed by atoms with Crippen LogP contribution in [0.4, 0.5) is 5.82 Å². The third kappa shape index (κ3) is 4.11. The van der Waals surface area contributed by atoms with E-state index < -0.39 is 0 Å². The van der Waals surface area contributed by atoms with Crippen LogP contribution in [0.25, 0.3) is 0 Å². The predicted octanol–water partition coefficient (Wildman–Crippen LogP) is 3.51. The van der Waals surface area contributed by atoms with Gasteiger partial charge in [0.25, 0.3) is 0 Å². The highest BCUT2D eigenvalue weighted by atomic mass is 32.1. The first kappa shape index (κ1) is 18.5. The van der Waals surface area contributed by atoms with Gasteiger partial charge in [-0.05, 0) is 42.8 Å². The van der Waals surface area contributed by atoms with Crippen molar-refractivity contribution < 1.29 is 0 Å². The van der Waals surface area contributed by atoms with E-state index in [1.807, 2.05) is 23.0 Å². The lowest BCUT2D eigenvalue weighted by molar-refractivity contribution is 0.193. The Kier molecular flexibility index (Phi) is 5.16. The molecule has 0 atom stereocenters. The molecule has 3 heterocycles. The summed E-state index contributed by atoms with van der Waals surface area (Å²) in [6, 6.07) is 16.6. The van der Waals surface area contributed by atoms with Crippen molar-refractivity contribution >= 4 is 18.0 Å². The summed E-state index contributed by atoms with van der Waals surface area (Å²) in [7, 11) is 0. The Hall–Kier alpha value is -2.51. The molecule has 0 bridgehead atoms. The van der Waals surface area contributed by atoms with Crippen molar-refractivity contribution in [3.05, 3.63) is 70.9 Å². The number of nitrogens with zero attached hydrogens (tertiary/aromatic N) is 6. The highest BCUT2D eigenvalue weighted by molar-refractivity contribution is 7.71. The molecule has 0 unspecified atom stereocenters. The van der Waals surface area contributed by atoms with Gasteiger partial charge >= 0.3 is 0 Å². The van der Waals surface area contributed by atoms with E-state index in [2.05, 4.69) is 55.7 Å². The van der Waals surface area contributed by atoms with Gasteiger partial charge in [-0.3, -0.25) is 9.47 Å². The molecule has 0 amide bonds. The van der Waals surface area contributed by atoms with Crippen LogP contribution in [-0.4, -0.2) is 50.4 Å². The highest BCUT2D eigenvalue weighted by Crippen LogP contribution is 2.39. The maximum atomic E-state index is 5.84. The predicted molar refractivity (Wildman–Crippen MR) is 117 cm³/mol. The zero-order valence-electron chi connectivity index (χ0n) is 16.5. The minimum absolute atomic E-state index is 0.572. The minimum atomic E-state index is 0.572. The average molecular weight is 407 g/mol. The van der Waals surface area contributed by atoms with Gasteiger partial charge in [-0.15, -0.1) is 0 Å². The van der Waals surface area contributed by atoms with Crippen LogP contribution in [0.1, 0.15) is 30.1 Å². The maximum Gasteiger partial charge on any atom is 0.199 e. The van der Waals surface area contributed by atoms with Crippen molar-refractivity contribution in [1.82, 2.24) is 24.2 Å². The number of benzene rings is 1. The van der Waals surface area contributed by atoms with Crippen molar-refractivity contribution in [3.63, 3.8) is 0 Å². The Balaban J connectivity index is 1.29. The van der Waals surface area contributed by atoms with Gasteiger partial charge in [0.1, 0.15) is 11.6 Å². The molecular weight excluding hydrogens is 380 g/mol. The van der Waals surface area contributed by atoms with Crippen LogP contribution >= 0.6 is 12.2 Å². The van der Waals surface area contributed by atoms with Gasteiger partial charge in [0.15, 0.2) is 4.77 Å². The Bertz CT molecular complexity index is 1000. The van der Waals surface area contributed by atoms with Crippen LogP contribution in [0.15, 0.2) is 54.7 Å². The van der Waals surface area contributed by atoms with Crippen molar-refractivity contribution in [3.8, 4) is 0 Å². The van der Waals surface area contributed by atoms with Crippen LogP contribution in [0.3, 0.4) is 0 Å². The monoisotopic (exact) mass is 406 g/mol. The molecule has 150 valence electrons. The molecular formula is C22H26N6S. The second-order valence-corrected chi connectivity index (χ2v) is 8.29. The second-order valence-electron chi connectivity index (χ2n) is 7.92. The largest absolute Gasteiger partial charge is 0.354 e. The number of aromatic nitrogens is 4. The smallest absolute Gasteiger partial charge is 0.199 e. The van der Waals surface area contributed by atoms with Crippen LogP contribution in [0.5, 0.6) is 0 Å². The fourth-order valence-electron chi connectivity index (χ4n) is 3.96. The van der Waals surface area contributed by atoms with E-state index in [0.717, 1.165) is 55.8 Å². The summed E-state index contributed by atoms with van der Waals surface area (Å²) in [6.45, 7) is 5.50. The van der Waals surface area contributed by atoms with E-state index >= 15 is 0 Å². The Labute approximate surface area is 176 Å². The van der Waals surface area contributed by atoms with Gasteiger partial charge in [-0.1, -0.05) is 36.4 Å². The summed E-state index contributed by atoms with van der Waals surface area (Å²) in [5.74, 6) is 2.79. The van der Waals surface area contributed by atoms with Crippen LogP contribution < -0.4 is 4.90 Å². The van der Waals surface area contributed by atoms with Crippen molar-refractivity contribution in [2.24, 2.45) is 0 Å². The SMILES string of the molecule is S=c1n(CN2CCN(c3ccccn3)CC2)nc(C2CC2)n1Cc1ccccc1. The molecule has 3 aromatic rings. The summed E-state index contributed by atoms with van der Waals surface area (Å²) < 4.78 is 5.11. The molecule has 0 spiro atoms. The van der Waals surface area contributed by atoms with E-state index in [4.69, 9.17) is 17.3 Å². The van der Waals surface area contributed by atoms with Gasteiger partial charge in [0, 0.05) is 38.3 Å². The van der Waals surface area contributed by atoms with Crippen molar-refractivity contribution in [2.45, 2.75) is 32.0 Å². The summed E-state index contributed by atoms with van der Waals surface area (Å²) in [5.41, 5.74) is 1.27. The number of hydrogen-bond acceptors (Lipinski definition) is 5. The molecule has 1 saturated carbocycles. The van der Waals surface area contributed by atoms with E-state index in [9.17, 15) is 0 Å². The first-order chi connectivity index (χ1) is 14.3. The third-order valence-corrected chi connectivity index (χ3v) is 6.19. The van der Waals surface area contributed by atoms with Gasteiger partial charge in [0.2, 0.25) is 0 Å². The summed E-state index contributed by atoms with van der Waals surface area (Å²) >= 11 is 5.84. The van der Waals surface area contributed by atoms with Gasteiger partial charge in [0.05, 0.1) is 13.2 Å². The second kappa shape index (κ2) is 8.08. The minimum Gasteiger partial charge on any atom is -0.354 e. The quantitative estimate of drug-likeness (QED) is 0.586. The molecule has 2 aliphatic rings. The highest BCUT2D eigenvalue weighted by Gasteiger charge is 2.30. The van der Waals surface area contributed by atoms with Gasteiger partial charge in [-0.25, -0.2) is 9.67 Å². The molecule has 6 nitrogen and oxygen atoms in total. The lowest BCUT2D eigenvalue weighted by Gasteiger charge is -2.35. The molecule has 29 heavy (non-hydrogen) atoms. The number of anilines is 1. The first-order valence-electron chi connectivity index (χ1n) is 10.4. The molecule has 1 aliphatic heterocycles. The van der Waals surface area contributed by atoms with E-state index in [1.165, 1.54) is 18.4 Å². The topological polar surface area (TPSA) is 42.1 Å². The number of hydrogen-bond donors (Lipinski definition) is 0. The molecule has 1 aromatic carbocycles. The van der Waals surface area contributed by atoms with Crippen LogP contribution in [0.2, 0.25) is 0 Å². The van der Waals surface area contributed by atoms with Crippen molar-refractivity contribution in [2.75, 3.05) is 31.1 Å². The molecule has 0 N–H and O–H groups in total. The summed E-state index contributed by atoms with van der Waals surface area (Å²) in [6.07, 6.45) is 4.31. The number of pyridine rings is 1. The lowest BCUT2D eigenvalue weighted by atomic mass is 10.2. The molecule has 7 heteroatoms. The van der Waals surface area contributed by atoms with Gasteiger partial charge in [-0.2, -0.15) is 5.10 Å². The summed E-state index contributed by atoms with van der Waals surface area (Å²) in [4.78, 5) is 9.26. The zero-order chi connectivity index (χ0) is 19.6.